The highest BCUT2D eigenvalue weighted by atomic mass is 19.1. The first-order valence-corrected chi connectivity index (χ1v) is 11.1. The Morgan fingerprint density at radius 3 is 2.56 bits per heavy atom. The Balaban J connectivity index is 1.53. The van der Waals surface area contributed by atoms with Gasteiger partial charge in [-0.2, -0.15) is 0 Å². The number of pyridine rings is 1. The molecule has 4 rings (SSSR count). The summed E-state index contributed by atoms with van der Waals surface area (Å²) in [5, 5.41) is 2.59. The molecule has 1 aliphatic rings. The number of benzene rings is 1. The molecular formula is C25H27FN6O2. The molecule has 0 aliphatic carbocycles. The number of hydrogen-bond acceptors (Lipinski definition) is 6. The Kier molecular flexibility index (Phi) is 6.61. The number of nitrogens with one attached hydrogen (secondary N) is 2. The Labute approximate surface area is 197 Å². The highest BCUT2D eigenvalue weighted by molar-refractivity contribution is 5.92. The molecule has 0 atom stereocenters. The van der Waals surface area contributed by atoms with Crippen LogP contribution in [0.15, 0.2) is 23.0 Å². The Morgan fingerprint density at radius 2 is 1.91 bits per heavy atom. The SMILES string of the molecule is CC#Cc1cc(CN2CCN(c3ccc(C(=O)NC)nc3C)CC2)c(F)c2[nH]c(=O)c(C)nc12. The fourth-order valence-electron chi connectivity index (χ4n) is 4.23. The molecular weight excluding hydrogens is 435 g/mol. The Bertz CT molecular complexity index is 1380. The number of aromatic amines is 1. The van der Waals surface area contributed by atoms with Gasteiger partial charge >= 0.3 is 0 Å². The Hall–Kier alpha value is -3.77. The summed E-state index contributed by atoms with van der Waals surface area (Å²) in [6.07, 6.45) is 0. The molecule has 8 nitrogen and oxygen atoms in total. The molecule has 34 heavy (non-hydrogen) atoms. The van der Waals surface area contributed by atoms with Crippen LogP contribution in [-0.4, -0.2) is 59.0 Å². The molecule has 1 fully saturated rings. The van der Waals surface area contributed by atoms with Crippen molar-refractivity contribution in [3.05, 3.63) is 62.6 Å². The van der Waals surface area contributed by atoms with E-state index in [0.29, 0.717) is 28.9 Å². The standard InChI is InChI=1S/C25H27FN6O2/c1-5-6-17-13-18(21(26)23-22(17)29-16(3)24(33)30-23)14-31-9-11-32(12-10-31)20-8-7-19(25(34)27-4)28-15(20)2/h7-8,13H,9-12,14H2,1-4H3,(H,27,34)(H,30,33). The van der Waals surface area contributed by atoms with Crippen LogP contribution < -0.4 is 15.8 Å². The second-order valence-corrected chi connectivity index (χ2v) is 8.29. The molecule has 2 N–H and O–H groups in total. The van der Waals surface area contributed by atoms with Crippen molar-refractivity contribution >= 4 is 22.6 Å². The number of hydrogen-bond donors (Lipinski definition) is 2. The van der Waals surface area contributed by atoms with Gasteiger partial charge in [-0.25, -0.2) is 14.4 Å². The monoisotopic (exact) mass is 462 g/mol. The summed E-state index contributed by atoms with van der Waals surface area (Å²) >= 11 is 0. The van der Waals surface area contributed by atoms with E-state index in [4.69, 9.17) is 0 Å². The van der Waals surface area contributed by atoms with Crippen LogP contribution in [0.1, 0.15) is 39.9 Å². The number of amides is 1. The summed E-state index contributed by atoms with van der Waals surface area (Å²) < 4.78 is 15.3. The van der Waals surface area contributed by atoms with E-state index in [0.717, 1.165) is 37.6 Å². The van der Waals surface area contributed by atoms with Gasteiger partial charge in [-0.3, -0.25) is 14.5 Å². The first kappa shape index (κ1) is 23.4. The predicted octanol–water partition coefficient (Wildman–Crippen LogP) is 2.13. The zero-order chi connectivity index (χ0) is 24.4. The molecule has 1 aromatic carbocycles. The zero-order valence-corrected chi connectivity index (χ0v) is 19.8. The predicted molar refractivity (Wildman–Crippen MR) is 129 cm³/mol. The average molecular weight is 463 g/mol. The maximum Gasteiger partial charge on any atom is 0.269 e. The minimum atomic E-state index is -0.464. The molecule has 1 amide bonds. The average Bonchev–Trinajstić information content (AvgIpc) is 2.83. The van der Waals surface area contributed by atoms with Crippen LogP contribution >= 0.6 is 0 Å². The van der Waals surface area contributed by atoms with E-state index in [1.165, 1.54) is 0 Å². The second kappa shape index (κ2) is 9.61. The molecule has 9 heteroatoms. The largest absolute Gasteiger partial charge is 0.368 e. The maximum absolute atomic E-state index is 15.3. The summed E-state index contributed by atoms with van der Waals surface area (Å²) in [7, 11) is 1.58. The summed E-state index contributed by atoms with van der Waals surface area (Å²) in [5.41, 5.74) is 3.61. The van der Waals surface area contributed by atoms with Crippen LogP contribution in [0.25, 0.3) is 11.0 Å². The van der Waals surface area contributed by atoms with E-state index in [9.17, 15) is 9.59 Å². The molecule has 1 aliphatic heterocycles. The minimum absolute atomic E-state index is 0.0994. The highest BCUT2D eigenvalue weighted by Crippen LogP contribution is 2.25. The fourth-order valence-corrected chi connectivity index (χ4v) is 4.23. The van der Waals surface area contributed by atoms with Crippen molar-refractivity contribution in [2.75, 3.05) is 38.1 Å². The van der Waals surface area contributed by atoms with Gasteiger partial charge in [-0.15, -0.1) is 5.92 Å². The van der Waals surface area contributed by atoms with Crippen molar-refractivity contribution in [3.63, 3.8) is 0 Å². The van der Waals surface area contributed by atoms with E-state index in [-0.39, 0.29) is 17.1 Å². The number of aryl methyl sites for hydroxylation is 2. The number of fused-ring (bicyclic) bond motifs is 1. The normalized spacial score (nSPS) is 14.1. The third-order valence-electron chi connectivity index (χ3n) is 6.04. The number of piperazine rings is 1. The van der Waals surface area contributed by atoms with Crippen LogP contribution in [0, 0.1) is 31.5 Å². The quantitative estimate of drug-likeness (QED) is 0.577. The van der Waals surface area contributed by atoms with E-state index < -0.39 is 11.4 Å². The fraction of sp³-hybridized carbons (Fsp3) is 0.360. The molecule has 176 valence electrons. The first-order valence-electron chi connectivity index (χ1n) is 11.1. The smallest absolute Gasteiger partial charge is 0.269 e. The van der Waals surface area contributed by atoms with Crippen molar-refractivity contribution in [1.29, 1.82) is 0 Å². The first-order chi connectivity index (χ1) is 16.3. The lowest BCUT2D eigenvalue weighted by Crippen LogP contribution is -2.46. The molecule has 0 radical (unpaired) electrons. The van der Waals surface area contributed by atoms with Crippen LogP contribution in [0.2, 0.25) is 0 Å². The highest BCUT2D eigenvalue weighted by Gasteiger charge is 2.22. The van der Waals surface area contributed by atoms with Crippen molar-refractivity contribution in [2.24, 2.45) is 0 Å². The van der Waals surface area contributed by atoms with Crippen LogP contribution in [0.5, 0.6) is 0 Å². The minimum Gasteiger partial charge on any atom is -0.368 e. The van der Waals surface area contributed by atoms with Crippen molar-refractivity contribution in [2.45, 2.75) is 27.3 Å². The van der Waals surface area contributed by atoms with E-state index in [1.54, 1.807) is 33.0 Å². The molecule has 0 saturated carbocycles. The van der Waals surface area contributed by atoms with Crippen LogP contribution in [-0.2, 0) is 6.54 Å². The van der Waals surface area contributed by atoms with Crippen LogP contribution in [0.3, 0.4) is 0 Å². The van der Waals surface area contributed by atoms with Gasteiger partial charge in [0.05, 0.1) is 16.9 Å². The number of H-pyrrole nitrogens is 1. The molecule has 0 spiro atoms. The summed E-state index contributed by atoms with van der Waals surface area (Å²) in [5.74, 6) is 5.16. The molecule has 0 unspecified atom stereocenters. The van der Waals surface area contributed by atoms with Gasteiger partial charge in [0.2, 0.25) is 0 Å². The van der Waals surface area contributed by atoms with E-state index in [1.807, 2.05) is 13.0 Å². The second-order valence-electron chi connectivity index (χ2n) is 8.29. The van der Waals surface area contributed by atoms with Gasteiger partial charge < -0.3 is 15.2 Å². The van der Waals surface area contributed by atoms with Gasteiger partial charge in [-0.1, -0.05) is 5.92 Å². The number of carbonyl (C=O) groups is 1. The van der Waals surface area contributed by atoms with Gasteiger partial charge in [0.25, 0.3) is 11.5 Å². The van der Waals surface area contributed by atoms with Gasteiger partial charge in [0.1, 0.15) is 22.4 Å². The number of halogens is 1. The lowest BCUT2D eigenvalue weighted by Gasteiger charge is -2.36. The molecule has 1 saturated heterocycles. The van der Waals surface area contributed by atoms with Crippen LogP contribution in [0.4, 0.5) is 10.1 Å². The topological polar surface area (TPSA) is 94.2 Å². The van der Waals surface area contributed by atoms with Crippen molar-refractivity contribution < 1.29 is 9.18 Å². The summed E-state index contributed by atoms with van der Waals surface area (Å²) in [6, 6.07) is 5.38. The molecule has 2 aromatic heterocycles. The third-order valence-corrected chi connectivity index (χ3v) is 6.04. The summed E-state index contributed by atoms with van der Waals surface area (Å²) in [6.45, 7) is 8.55. The van der Waals surface area contributed by atoms with Gasteiger partial charge in [0, 0.05) is 45.3 Å². The summed E-state index contributed by atoms with van der Waals surface area (Å²) in [4.78, 5) is 39.6. The number of rotatable bonds is 4. The van der Waals surface area contributed by atoms with E-state index >= 15 is 4.39 Å². The molecule has 3 heterocycles. The number of anilines is 1. The van der Waals surface area contributed by atoms with Crippen molar-refractivity contribution in [3.8, 4) is 11.8 Å². The molecule has 0 bridgehead atoms. The number of aromatic nitrogens is 3. The lowest BCUT2D eigenvalue weighted by molar-refractivity contribution is 0.0958. The third kappa shape index (κ3) is 4.50. The maximum atomic E-state index is 15.3. The molecule has 3 aromatic rings. The number of carbonyl (C=O) groups excluding carboxylic acids is 1. The Morgan fingerprint density at radius 1 is 1.18 bits per heavy atom. The zero-order valence-electron chi connectivity index (χ0n) is 19.8. The van der Waals surface area contributed by atoms with Gasteiger partial charge in [0.15, 0.2) is 5.82 Å². The van der Waals surface area contributed by atoms with Crippen molar-refractivity contribution in [1.82, 2.24) is 25.2 Å². The lowest BCUT2D eigenvalue weighted by atomic mass is 10.1. The number of nitrogens with zero attached hydrogens (tertiary/aromatic N) is 4. The van der Waals surface area contributed by atoms with E-state index in [2.05, 4.69) is 41.9 Å². The van der Waals surface area contributed by atoms with Gasteiger partial charge in [-0.05, 0) is 39.0 Å².